The first-order chi connectivity index (χ1) is 12.7. The zero-order valence-corrected chi connectivity index (χ0v) is 15.6. The van der Waals surface area contributed by atoms with Gasteiger partial charge < -0.3 is 15.4 Å². The highest BCUT2D eigenvalue weighted by Gasteiger charge is 2.13. The van der Waals surface area contributed by atoms with E-state index in [1.54, 1.807) is 12.1 Å². The Kier molecular flexibility index (Phi) is 8.89. The largest absolute Gasteiger partial charge is 0.378 e. The summed E-state index contributed by atoms with van der Waals surface area (Å²) in [5.74, 6) is 0.753. The fourth-order valence-corrected chi connectivity index (χ4v) is 3.00. The normalized spacial score (nSPS) is 15.7. The SMILES string of the molecule is CCNC(=NCc1ccc([N+](=O)[O-])cc1)NCCCOC1CCCCC1. The van der Waals surface area contributed by atoms with Gasteiger partial charge in [0.15, 0.2) is 5.96 Å². The Hall–Kier alpha value is -2.15. The number of rotatable bonds is 9. The Morgan fingerprint density at radius 3 is 2.62 bits per heavy atom. The zero-order valence-electron chi connectivity index (χ0n) is 15.6. The number of hydrogen-bond donors (Lipinski definition) is 2. The number of nitrogens with zero attached hydrogens (tertiary/aromatic N) is 2. The molecule has 1 aliphatic carbocycles. The number of hydrogen-bond acceptors (Lipinski definition) is 4. The molecule has 0 aliphatic heterocycles. The van der Waals surface area contributed by atoms with Crippen molar-refractivity contribution in [2.45, 2.75) is 58.1 Å². The summed E-state index contributed by atoms with van der Waals surface area (Å²) >= 11 is 0. The minimum atomic E-state index is -0.395. The molecular weight excluding hydrogens is 332 g/mol. The van der Waals surface area contributed by atoms with Crippen LogP contribution >= 0.6 is 0 Å². The summed E-state index contributed by atoms with van der Waals surface area (Å²) in [4.78, 5) is 14.8. The van der Waals surface area contributed by atoms with Gasteiger partial charge in [0, 0.05) is 31.8 Å². The van der Waals surface area contributed by atoms with E-state index in [1.807, 2.05) is 6.92 Å². The number of nitrogens with one attached hydrogen (secondary N) is 2. The van der Waals surface area contributed by atoms with Gasteiger partial charge in [0.2, 0.25) is 0 Å². The molecule has 0 bridgehead atoms. The van der Waals surface area contributed by atoms with Crippen LogP contribution in [0.3, 0.4) is 0 Å². The molecule has 1 aliphatic rings. The van der Waals surface area contributed by atoms with Crippen LogP contribution in [0.5, 0.6) is 0 Å². The Bertz CT molecular complexity index is 569. The molecule has 144 valence electrons. The molecule has 7 heteroatoms. The van der Waals surface area contributed by atoms with Gasteiger partial charge in [0.1, 0.15) is 0 Å². The second-order valence-electron chi connectivity index (χ2n) is 6.53. The second-order valence-corrected chi connectivity index (χ2v) is 6.53. The molecule has 0 aromatic heterocycles. The highest BCUT2D eigenvalue weighted by molar-refractivity contribution is 5.79. The van der Waals surface area contributed by atoms with Crippen LogP contribution in [0.25, 0.3) is 0 Å². The maximum atomic E-state index is 10.7. The van der Waals surface area contributed by atoms with Crippen LogP contribution in [0, 0.1) is 10.1 Å². The number of aliphatic imine (C=N–C) groups is 1. The topological polar surface area (TPSA) is 88.8 Å². The van der Waals surface area contributed by atoms with Crippen LogP contribution < -0.4 is 10.6 Å². The first-order valence-corrected chi connectivity index (χ1v) is 9.56. The monoisotopic (exact) mass is 362 g/mol. The van der Waals surface area contributed by atoms with E-state index in [1.165, 1.54) is 44.2 Å². The highest BCUT2D eigenvalue weighted by atomic mass is 16.6. The number of ether oxygens (including phenoxy) is 1. The fourth-order valence-electron chi connectivity index (χ4n) is 3.00. The Balaban J connectivity index is 1.70. The smallest absolute Gasteiger partial charge is 0.269 e. The van der Waals surface area contributed by atoms with Gasteiger partial charge in [0.25, 0.3) is 5.69 Å². The molecule has 0 radical (unpaired) electrons. The van der Waals surface area contributed by atoms with E-state index in [0.717, 1.165) is 37.6 Å². The summed E-state index contributed by atoms with van der Waals surface area (Å²) in [5, 5.41) is 17.2. The second kappa shape index (κ2) is 11.5. The maximum absolute atomic E-state index is 10.7. The third-order valence-electron chi connectivity index (χ3n) is 4.43. The lowest BCUT2D eigenvalue weighted by Crippen LogP contribution is -2.38. The van der Waals surface area contributed by atoms with E-state index >= 15 is 0 Å². The van der Waals surface area contributed by atoms with Crippen molar-refractivity contribution in [3.63, 3.8) is 0 Å². The lowest BCUT2D eigenvalue weighted by atomic mass is 9.98. The Morgan fingerprint density at radius 2 is 1.96 bits per heavy atom. The maximum Gasteiger partial charge on any atom is 0.269 e. The molecule has 2 rings (SSSR count). The lowest BCUT2D eigenvalue weighted by molar-refractivity contribution is -0.384. The minimum Gasteiger partial charge on any atom is -0.378 e. The van der Waals surface area contributed by atoms with Gasteiger partial charge in [-0.25, -0.2) is 4.99 Å². The highest BCUT2D eigenvalue weighted by Crippen LogP contribution is 2.20. The van der Waals surface area contributed by atoms with Gasteiger partial charge in [-0.2, -0.15) is 0 Å². The van der Waals surface area contributed by atoms with Gasteiger partial charge >= 0.3 is 0 Å². The molecule has 0 amide bonds. The molecule has 7 nitrogen and oxygen atoms in total. The van der Waals surface area contributed by atoms with Gasteiger partial charge in [-0.05, 0) is 31.7 Å². The first kappa shape index (κ1) is 20.2. The standard InChI is InChI=1S/C19H30N4O3/c1-2-20-19(21-13-6-14-26-18-7-4-3-5-8-18)22-15-16-9-11-17(12-10-16)23(24)25/h9-12,18H,2-8,13-15H2,1H3,(H2,20,21,22). The number of benzene rings is 1. The third kappa shape index (κ3) is 7.39. The summed E-state index contributed by atoms with van der Waals surface area (Å²) in [6, 6.07) is 6.49. The fraction of sp³-hybridized carbons (Fsp3) is 0.632. The van der Waals surface area contributed by atoms with Gasteiger partial charge in [-0.1, -0.05) is 31.4 Å². The van der Waals surface area contributed by atoms with Gasteiger partial charge in [0.05, 0.1) is 17.6 Å². The van der Waals surface area contributed by atoms with E-state index in [2.05, 4.69) is 15.6 Å². The molecule has 26 heavy (non-hydrogen) atoms. The molecule has 2 N–H and O–H groups in total. The molecule has 0 unspecified atom stereocenters. The number of nitro benzene ring substituents is 1. The van der Waals surface area contributed by atoms with Crippen molar-refractivity contribution < 1.29 is 9.66 Å². The number of nitro groups is 1. The van der Waals surface area contributed by atoms with Crippen molar-refractivity contribution in [2.24, 2.45) is 4.99 Å². The number of non-ortho nitro benzene ring substituents is 1. The third-order valence-corrected chi connectivity index (χ3v) is 4.43. The van der Waals surface area contributed by atoms with Crippen molar-refractivity contribution in [2.75, 3.05) is 19.7 Å². The molecule has 0 saturated heterocycles. The molecule has 1 aromatic carbocycles. The molecule has 1 aromatic rings. The predicted octanol–water partition coefficient (Wildman–Crippen LogP) is 3.39. The predicted molar refractivity (Wildman–Crippen MR) is 103 cm³/mol. The van der Waals surface area contributed by atoms with E-state index in [9.17, 15) is 10.1 Å². The quantitative estimate of drug-likeness (QED) is 0.231. The summed E-state index contributed by atoms with van der Waals surface area (Å²) in [7, 11) is 0. The molecular formula is C19H30N4O3. The van der Waals surface area contributed by atoms with Crippen molar-refractivity contribution in [3.05, 3.63) is 39.9 Å². The van der Waals surface area contributed by atoms with Crippen LogP contribution in [0.2, 0.25) is 0 Å². The molecule has 0 heterocycles. The van der Waals surface area contributed by atoms with E-state index in [-0.39, 0.29) is 5.69 Å². The molecule has 0 atom stereocenters. The van der Waals surface area contributed by atoms with Crippen molar-refractivity contribution in [3.8, 4) is 0 Å². The van der Waals surface area contributed by atoms with Crippen LogP contribution in [-0.2, 0) is 11.3 Å². The van der Waals surface area contributed by atoms with Crippen LogP contribution in [0.1, 0.15) is 51.0 Å². The van der Waals surface area contributed by atoms with Crippen molar-refractivity contribution in [1.82, 2.24) is 10.6 Å². The summed E-state index contributed by atoms with van der Waals surface area (Å²) in [6.45, 7) is 4.87. The number of guanidine groups is 1. The van der Waals surface area contributed by atoms with Crippen LogP contribution in [0.4, 0.5) is 5.69 Å². The van der Waals surface area contributed by atoms with Crippen molar-refractivity contribution >= 4 is 11.6 Å². The van der Waals surface area contributed by atoms with E-state index in [0.29, 0.717) is 12.6 Å². The van der Waals surface area contributed by atoms with Gasteiger partial charge in [-0.3, -0.25) is 10.1 Å². The van der Waals surface area contributed by atoms with E-state index < -0.39 is 4.92 Å². The zero-order chi connectivity index (χ0) is 18.6. The average molecular weight is 362 g/mol. The molecule has 0 spiro atoms. The van der Waals surface area contributed by atoms with Crippen LogP contribution in [0.15, 0.2) is 29.3 Å². The average Bonchev–Trinajstić information content (AvgIpc) is 2.67. The first-order valence-electron chi connectivity index (χ1n) is 9.56. The summed E-state index contributed by atoms with van der Waals surface area (Å²) in [5.41, 5.74) is 1.04. The van der Waals surface area contributed by atoms with E-state index in [4.69, 9.17) is 4.74 Å². The Labute approximate surface area is 155 Å². The molecule has 1 fully saturated rings. The molecule has 1 saturated carbocycles. The Morgan fingerprint density at radius 1 is 1.23 bits per heavy atom. The summed E-state index contributed by atoms with van der Waals surface area (Å²) in [6.07, 6.45) is 7.73. The van der Waals surface area contributed by atoms with Gasteiger partial charge in [-0.15, -0.1) is 0 Å². The minimum absolute atomic E-state index is 0.0979. The summed E-state index contributed by atoms with van der Waals surface area (Å²) < 4.78 is 5.93. The van der Waals surface area contributed by atoms with Crippen LogP contribution in [-0.4, -0.2) is 36.7 Å². The van der Waals surface area contributed by atoms with Crippen molar-refractivity contribution in [1.29, 1.82) is 0 Å². The lowest BCUT2D eigenvalue weighted by Gasteiger charge is -2.22.